The highest BCUT2D eigenvalue weighted by atomic mass is 16.5. The molecule has 2 aromatic carbocycles. The van der Waals surface area contributed by atoms with Gasteiger partial charge in [0.05, 0.1) is 31.6 Å². The second-order valence-corrected chi connectivity index (χ2v) is 7.45. The molecule has 2 heterocycles. The Morgan fingerprint density at radius 2 is 1.90 bits per heavy atom. The van der Waals surface area contributed by atoms with Crippen molar-refractivity contribution in [1.82, 2.24) is 0 Å². The molecule has 3 aromatic rings. The predicted molar refractivity (Wildman–Crippen MR) is 113 cm³/mol. The lowest BCUT2D eigenvalue weighted by molar-refractivity contribution is 0.0849. The molecule has 0 amide bonds. The fourth-order valence-corrected chi connectivity index (χ4v) is 4.14. The van der Waals surface area contributed by atoms with E-state index < -0.39 is 11.7 Å². The largest absolute Gasteiger partial charge is 0.497 e. The minimum Gasteiger partial charge on any atom is -0.497 e. The number of hydrogen-bond acceptors (Lipinski definition) is 6. The van der Waals surface area contributed by atoms with Crippen LogP contribution in [0.1, 0.15) is 52.9 Å². The third-order valence-electron chi connectivity index (χ3n) is 5.48. The van der Waals surface area contributed by atoms with E-state index >= 15 is 0 Å². The first-order valence-electron chi connectivity index (χ1n) is 9.98. The zero-order valence-electron chi connectivity index (χ0n) is 17.5. The van der Waals surface area contributed by atoms with Crippen molar-refractivity contribution in [3.05, 3.63) is 63.0 Å². The number of rotatable bonds is 5. The number of carbonyl (C=O) groups is 1. The average molecular weight is 408 g/mol. The Labute approximate surface area is 174 Å². The van der Waals surface area contributed by atoms with Crippen molar-refractivity contribution in [2.45, 2.75) is 39.2 Å². The molecule has 0 fully saturated rings. The van der Waals surface area contributed by atoms with Crippen LogP contribution in [0, 0.1) is 6.92 Å². The first-order chi connectivity index (χ1) is 14.5. The van der Waals surface area contributed by atoms with Crippen LogP contribution >= 0.6 is 0 Å². The zero-order valence-corrected chi connectivity index (χ0v) is 17.5. The van der Waals surface area contributed by atoms with Gasteiger partial charge in [-0.25, -0.2) is 4.79 Å². The van der Waals surface area contributed by atoms with Crippen molar-refractivity contribution in [1.29, 1.82) is 0 Å². The molecule has 1 aromatic heterocycles. The smallest absolute Gasteiger partial charge is 0.336 e. The van der Waals surface area contributed by atoms with Crippen LogP contribution in [0.15, 0.2) is 39.5 Å². The van der Waals surface area contributed by atoms with Gasteiger partial charge in [-0.3, -0.25) is 4.79 Å². The van der Waals surface area contributed by atoms with Crippen LogP contribution < -0.4 is 19.8 Å². The number of hydrogen-bond donors (Lipinski definition) is 0. The molecule has 1 aliphatic heterocycles. The molecule has 0 radical (unpaired) electrons. The standard InChI is InChI=1S/C24H24O6/c1-5-6-14-10-21(26)29-20-9-13(2)22-17(25)12-19(30-24(22)23(14)20)16-8-7-15(27-3)11-18(16)28-4/h7-11,19H,5-6,12H2,1-4H3. The molecule has 1 atom stereocenters. The summed E-state index contributed by atoms with van der Waals surface area (Å²) in [5.74, 6) is 1.72. The Hall–Kier alpha value is -3.28. The summed E-state index contributed by atoms with van der Waals surface area (Å²) in [6, 6.07) is 8.69. The van der Waals surface area contributed by atoms with E-state index in [4.69, 9.17) is 18.6 Å². The van der Waals surface area contributed by atoms with E-state index in [9.17, 15) is 9.59 Å². The summed E-state index contributed by atoms with van der Waals surface area (Å²) in [5, 5.41) is 0.697. The van der Waals surface area contributed by atoms with Crippen LogP contribution in [0.3, 0.4) is 0 Å². The molecule has 156 valence electrons. The fraction of sp³-hybridized carbons (Fsp3) is 0.333. The van der Waals surface area contributed by atoms with Gasteiger partial charge >= 0.3 is 5.63 Å². The monoisotopic (exact) mass is 408 g/mol. The number of ether oxygens (including phenoxy) is 3. The molecule has 1 aliphatic rings. The van der Waals surface area contributed by atoms with E-state index in [0.717, 1.165) is 23.1 Å². The molecular weight excluding hydrogens is 384 g/mol. The summed E-state index contributed by atoms with van der Waals surface area (Å²) in [6.07, 6.45) is 1.22. The number of aryl methyl sites for hydroxylation is 2. The maximum absolute atomic E-state index is 13.2. The number of carbonyl (C=O) groups excluding carboxylic acids is 1. The minimum atomic E-state index is -0.516. The quantitative estimate of drug-likeness (QED) is 0.566. The van der Waals surface area contributed by atoms with Crippen LogP contribution in [-0.2, 0) is 6.42 Å². The molecule has 0 N–H and O–H groups in total. The first kappa shape index (κ1) is 20.0. The molecule has 4 rings (SSSR count). The van der Waals surface area contributed by atoms with E-state index in [-0.39, 0.29) is 12.2 Å². The summed E-state index contributed by atoms with van der Waals surface area (Å²) in [6.45, 7) is 3.87. The summed E-state index contributed by atoms with van der Waals surface area (Å²) in [7, 11) is 3.16. The topological polar surface area (TPSA) is 75.0 Å². The molecular formula is C24H24O6. The van der Waals surface area contributed by atoms with Crippen molar-refractivity contribution >= 4 is 16.8 Å². The van der Waals surface area contributed by atoms with Crippen molar-refractivity contribution in [2.24, 2.45) is 0 Å². The third-order valence-corrected chi connectivity index (χ3v) is 5.48. The second-order valence-electron chi connectivity index (χ2n) is 7.45. The Morgan fingerprint density at radius 1 is 1.10 bits per heavy atom. The van der Waals surface area contributed by atoms with E-state index in [1.807, 2.05) is 26.0 Å². The van der Waals surface area contributed by atoms with E-state index in [2.05, 4.69) is 0 Å². The normalized spacial score (nSPS) is 15.6. The van der Waals surface area contributed by atoms with E-state index in [0.29, 0.717) is 40.2 Å². The van der Waals surface area contributed by atoms with Gasteiger partial charge in [0.2, 0.25) is 0 Å². The lowest BCUT2D eigenvalue weighted by Crippen LogP contribution is -2.22. The highest BCUT2D eigenvalue weighted by Crippen LogP contribution is 2.44. The molecule has 0 spiro atoms. The Kier molecular flexibility index (Phi) is 5.24. The fourth-order valence-electron chi connectivity index (χ4n) is 4.14. The number of benzene rings is 2. The van der Waals surface area contributed by atoms with Crippen molar-refractivity contribution in [3.8, 4) is 17.2 Å². The average Bonchev–Trinajstić information content (AvgIpc) is 2.72. The second kappa shape index (κ2) is 7.86. The number of methoxy groups -OCH3 is 2. The van der Waals surface area contributed by atoms with Crippen LogP contribution in [0.2, 0.25) is 0 Å². The van der Waals surface area contributed by atoms with Crippen molar-refractivity contribution in [3.63, 3.8) is 0 Å². The predicted octanol–water partition coefficient (Wildman–Crippen LogP) is 4.78. The highest BCUT2D eigenvalue weighted by Gasteiger charge is 2.33. The zero-order chi connectivity index (χ0) is 21.4. The number of ketones is 1. The van der Waals surface area contributed by atoms with Gasteiger partial charge in [-0.2, -0.15) is 0 Å². The molecule has 0 saturated heterocycles. The van der Waals surface area contributed by atoms with Crippen LogP contribution in [0.4, 0.5) is 0 Å². The molecule has 0 bridgehead atoms. The van der Waals surface area contributed by atoms with Crippen LogP contribution in [-0.4, -0.2) is 20.0 Å². The number of fused-ring (bicyclic) bond motifs is 3. The third kappa shape index (κ3) is 3.32. The Bertz CT molecular complexity index is 1190. The highest BCUT2D eigenvalue weighted by molar-refractivity contribution is 6.07. The van der Waals surface area contributed by atoms with Crippen molar-refractivity contribution < 1.29 is 23.4 Å². The lowest BCUT2D eigenvalue weighted by atomic mass is 9.90. The Balaban J connectivity index is 1.92. The summed E-state index contributed by atoms with van der Waals surface area (Å²) < 4.78 is 22.7. The molecule has 6 nitrogen and oxygen atoms in total. The van der Waals surface area contributed by atoms with E-state index in [1.54, 1.807) is 26.4 Å². The summed E-state index contributed by atoms with van der Waals surface area (Å²) in [5.41, 5.74) is 2.92. The van der Waals surface area contributed by atoms with Crippen LogP contribution in [0.25, 0.3) is 11.0 Å². The molecule has 6 heteroatoms. The van der Waals surface area contributed by atoms with E-state index in [1.165, 1.54) is 6.07 Å². The van der Waals surface area contributed by atoms with Gasteiger partial charge in [0.1, 0.15) is 28.9 Å². The van der Waals surface area contributed by atoms with Gasteiger partial charge in [0.15, 0.2) is 5.78 Å². The van der Waals surface area contributed by atoms with Gasteiger partial charge in [-0.15, -0.1) is 0 Å². The summed E-state index contributed by atoms with van der Waals surface area (Å²) in [4.78, 5) is 25.2. The maximum atomic E-state index is 13.2. The SMILES string of the molecule is CCCc1cc(=O)oc2cc(C)c3c(c12)OC(c1ccc(OC)cc1OC)CC3=O. The van der Waals surface area contributed by atoms with Gasteiger partial charge in [-0.1, -0.05) is 13.3 Å². The van der Waals surface area contributed by atoms with Gasteiger partial charge < -0.3 is 18.6 Å². The summed E-state index contributed by atoms with van der Waals surface area (Å²) >= 11 is 0. The molecule has 0 aliphatic carbocycles. The van der Waals surface area contributed by atoms with Gasteiger partial charge in [0, 0.05) is 17.7 Å². The van der Waals surface area contributed by atoms with Gasteiger partial charge in [0.25, 0.3) is 0 Å². The van der Waals surface area contributed by atoms with Gasteiger partial charge in [-0.05, 0) is 42.7 Å². The molecule has 0 saturated carbocycles. The number of Topliss-reactive ketones (excluding diaryl/α,β-unsaturated/α-hetero) is 1. The minimum absolute atomic E-state index is 0.00725. The maximum Gasteiger partial charge on any atom is 0.336 e. The van der Waals surface area contributed by atoms with Crippen LogP contribution in [0.5, 0.6) is 17.2 Å². The Morgan fingerprint density at radius 3 is 2.60 bits per heavy atom. The molecule has 30 heavy (non-hydrogen) atoms. The first-order valence-corrected chi connectivity index (χ1v) is 9.98. The lowest BCUT2D eigenvalue weighted by Gasteiger charge is -2.29. The van der Waals surface area contributed by atoms with Crippen molar-refractivity contribution in [2.75, 3.05) is 14.2 Å². The molecule has 1 unspecified atom stereocenters.